The molecule has 0 spiro atoms. The Balaban J connectivity index is 2.58. The molecule has 1 rings (SSSR count). The van der Waals surface area contributed by atoms with E-state index in [1.807, 2.05) is 0 Å². The van der Waals surface area contributed by atoms with Gasteiger partial charge in [0.2, 0.25) is 0 Å². The van der Waals surface area contributed by atoms with E-state index in [1.54, 1.807) is 11.3 Å². The second-order valence-corrected chi connectivity index (χ2v) is 4.14. The summed E-state index contributed by atoms with van der Waals surface area (Å²) >= 11 is 1.79. The van der Waals surface area contributed by atoms with Gasteiger partial charge in [-0.25, -0.2) is 0 Å². The zero-order valence-electron chi connectivity index (χ0n) is 8.16. The number of nitrogens with zero attached hydrogens (tertiary/aromatic N) is 1. The van der Waals surface area contributed by atoms with E-state index < -0.39 is 0 Å². The summed E-state index contributed by atoms with van der Waals surface area (Å²) in [7, 11) is 4.11. The highest BCUT2D eigenvalue weighted by Gasteiger charge is 1.97. The lowest BCUT2D eigenvalue weighted by atomic mass is 10.3. The Labute approximate surface area is 83.7 Å². The van der Waals surface area contributed by atoms with Crippen molar-refractivity contribution in [2.24, 2.45) is 5.73 Å². The maximum absolute atomic E-state index is 5.39. The van der Waals surface area contributed by atoms with Gasteiger partial charge in [0, 0.05) is 19.0 Å². The first kappa shape index (κ1) is 10.3. The molecule has 0 saturated carbocycles. The predicted octanol–water partition coefficient (Wildman–Crippen LogP) is 2.18. The average Bonchev–Trinajstić information content (AvgIpc) is 2.53. The van der Waals surface area contributed by atoms with E-state index in [0.717, 1.165) is 13.0 Å². The number of nitrogens with two attached hydrogens (primary N) is 1. The molecule has 0 fully saturated rings. The topological polar surface area (TPSA) is 29.3 Å². The van der Waals surface area contributed by atoms with Crippen molar-refractivity contribution >= 4 is 22.4 Å². The smallest absolute Gasteiger partial charge is 0.0909 e. The van der Waals surface area contributed by atoms with Crippen LogP contribution in [-0.2, 0) is 0 Å². The van der Waals surface area contributed by atoms with Crippen molar-refractivity contribution in [1.29, 1.82) is 0 Å². The SMILES string of the molecule is CN(C)c1ccc(C=CCCN)s1. The molecule has 3 heteroatoms. The van der Waals surface area contributed by atoms with Gasteiger partial charge in [-0.05, 0) is 31.2 Å². The average molecular weight is 196 g/mol. The van der Waals surface area contributed by atoms with E-state index in [9.17, 15) is 0 Å². The summed E-state index contributed by atoms with van der Waals surface area (Å²) in [5.41, 5.74) is 5.39. The normalized spacial score (nSPS) is 11.0. The summed E-state index contributed by atoms with van der Waals surface area (Å²) < 4.78 is 0. The molecule has 0 aliphatic carbocycles. The lowest BCUT2D eigenvalue weighted by Gasteiger charge is -2.06. The molecule has 1 heterocycles. The molecule has 0 saturated heterocycles. The monoisotopic (exact) mass is 196 g/mol. The summed E-state index contributed by atoms with van der Waals surface area (Å²) in [6.45, 7) is 0.725. The standard InChI is InChI=1S/C10H16N2S/c1-12(2)10-7-6-9(13-10)5-3-4-8-11/h3,5-7H,4,8,11H2,1-2H3. The summed E-state index contributed by atoms with van der Waals surface area (Å²) in [6, 6.07) is 4.26. The Morgan fingerprint density at radius 2 is 2.23 bits per heavy atom. The Morgan fingerprint density at radius 3 is 2.77 bits per heavy atom. The fourth-order valence-electron chi connectivity index (χ4n) is 0.968. The molecule has 2 N–H and O–H groups in total. The van der Waals surface area contributed by atoms with Crippen molar-refractivity contribution in [3.8, 4) is 0 Å². The third-order valence-corrected chi connectivity index (χ3v) is 2.89. The number of thiophene rings is 1. The molecule has 2 nitrogen and oxygen atoms in total. The molecule has 1 aromatic rings. The first-order chi connectivity index (χ1) is 6.24. The van der Waals surface area contributed by atoms with Crippen LogP contribution in [0.2, 0.25) is 0 Å². The summed E-state index contributed by atoms with van der Waals surface area (Å²) in [5.74, 6) is 0. The maximum Gasteiger partial charge on any atom is 0.0909 e. The minimum atomic E-state index is 0.725. The van der Waals surface area contributed by atoms with Crippen LogP contribution in [0.3, 0.4) is 0 Å². The van der Waals surface area contributed by atoms with Gasteiger partial charge in [0.15, 0.2) is 0 Å². The van der Waals surface area contributed by atoms with Gasteiger partial charge < -0.3 is 10.6 Å². The molecule has 1 aromatic heterocycles. The first-order valence-corrected chi connectivity index (χ1v) is 5.19. The number of anilines is 1. The second kappa shape index (κ2) is 5.04. The highest BCUT2D eigenvalue weighted by molar-refractivity contribution is 7.16. The third kappa shape index (κ3) is 3.20. The van der Waals surface area contributed by atoms with Crippen LogP contribution in [0.4, 0.5) is 5.00 Å². The Bertz CT molecular complexity index is 276. The van der Waals surface area contributed by atoms with Crippen LogP contribution >= 0.6 is 11.3 Å². The van der Waals surface area contributed by atoms with Gasteiger partial charge >= 0.3 is 0 Å². The number of rotatable bonds is 4. The summed E-state index contributed by atoms with van der Waals surface area (Å²) in [5, 5.41) is 1.28. The minimum absolute atomic E-state index is 0.725. The highest BCUT2D eigenvalue weighted by Crippen LogP contribution is 2.24. The van der Waals surface area contributed by atoms with Gasteiger partial charge in [-0.3, -0.25) is 0 Å². The van der Waals surface area contributed by atoms with Crippen LogP contribution in [0.1, 0.15) is 11.3 Å². The van der Waals surface area contributed by atoms with E-state index in [0.29, 0.717) is 0 Å². The molecule has 13 heavy (non-hydrogen) atoms. The molecule has 72 valence electrons. The molecular formula is C10H16N2S. The quantitative estimate of drug-likeness (QED) is 0.799. The van der Waals surface area contributed by atoms with Gasteiger partial charge in [0.05, 0.1) is 5.00 Å². The molecule has 0 bridgehead atoms. The van der Waals surface area contributed by atoms with Gasteiger partial charge in [-0.15, -0.1) is 11.3 Å². The Kier molecular flexibility index (Phi) is 3.99. The van der Waals surface area contributed by atoms with Crippen LogP contribution < -0.4 is 10.6 Å². The first-order valence-electron chi connectivity index (χ1n) is 4.38. The van der Waals surface area contributed by atoms with E-state index >= 15 is 0 Å². The van der Waals surface area contributed by atoms with Crippen LogP contribution in [0.25, 0.3) is 6.08 Å². The minimum Gasteiger partial charge on any atom is -0.370 e. The van der Waals surface area contributed by atoms with Gasteiger partial charge in [0.1, 0.15) is 0 Å². The predicted molar refractivity (Wildman–Crippen MR) is 61.4 cm³/mol. The summed E-state index contributed by atoms with van der Waals surface area (Å²) in [6.07, 6.45) is 5.20. The molecular weight excluding hydrogens is 180 g/mol. The summed E-state index contributed by atoms with van der Waals surface area (Å²) in [4.78, 5) is 3.41. The fourth-order valence-corrected chi connectivity index (χ4v) is 1.83. The van der Waals surface area contributed by atoms with Crippen LogP contribution in [0.5, 0.6) is 0 Å². The zero-order chi connectivity index (χ0) is 9.68. The van der Waals surface area contributed by atoms with Crippen molar-refractivity contribution in [3.05, 3.63) is 23.1 Å². The van der Waals surface area contributed by atoms with Crippen molar-refractivity contribution in [3.63, 3.8) is 0 Å². The highest BCUT2D eigenvalue weighted by atomic mass is 32.1. The van der Waals surface area contributed by atoms with E-state index in [1.165, 1.54) is 9.88 Å². The molecule has 0 aromatic carbocycles. The van der Waals surface area contributed by atoms with E-state index in [2.05, 4.69) is 43.3 Å². The second-order valence-electron chi connectivity index (χ2n) is 3.05. The number of hydrogen-bond donors (Lipinski definition) is 1. The van der Waals surface area contributed by atoms with Gasteiger partial charge in [-0.2, -0.15) is 0 Å². The van der Waals surface area contributed by atoms with Crippen molar-refractivity contribution in [2.75, 3.05) is 25.5 Å². The van der Waals surface area contributed by atoms with Crippen LogP contribution in [0, 0.1) is 0 Å². The molecule has 0 amide bonds. The maximum atomic E-state index is 5.39. The lowest BCUT2D eigenvalue weighted by Crippen LogP contribution is -2.05. The molecule has 0 atom stereocenters. The molecule has 0 unspecified atom stereocenters. The van der Waals surface area contributed by atoms with E-state index in [-0.39, 0.29) is 0 Å². The lowest BCUT2D eigenvalue weighted by molar-refractivity contribution is 1.01. The number of hydrogen-bond acceptors (Lipinski definition) is 3. The van der Waals surface area contributed by atoms with Gasteiger partial charge in [0.25, 0.3) is 0 Å². The van der Waals surface area contributed by atoms with Crippen molar-refractivity contribution < 1.29 is 0 Å². The fraction of sp³-hybridized carbons (Fsp3) is 0.400. The van der Waals surface area contributed by atoms with Gasteiger partial charge in [-0.1, -0.05) is 6.08 Å². The van der Waals surface area contributed by atoms with Crippen LogP contribution in [0.15, 0.2) is 18.2 Å². The Morgan fingerprint density at radius 1 is 1.46 bits per heavy atom. The zero-order valence-corrected chi connectivity index (χ0v) is 8.97. The van der Waals surface area contributed by atoms with Crippen molar-refractivity contribution in [2.45, 2.75) is 6.42 Å². The largest absolute Gasteiger partial charge is 0.370 e. The molecule has 0 radical (unpaired) electrons. The molecule has 0 aliphatic heterocycles. The molecule has 0 aliphatic rings. The van der Waals surface area contributed by atoms with Crippen LogP contribution in [-0.4, -0.2) is 20.6 Å². The van der Waals surface area contributed by atoms with E-state index in [4.69, 9.17) is 5.73 Å². The third-order valence-electron chi connectivity index (χ3n) is 1.67. The Hall–Kier alpha value is -0.800. The van der Waals surface area contributed by atoms with Crippen molar-refractivity contribution in [1.82, 2.24) is 0 Å².